The Hall–Kier alpha value is -3.60. The summed E-state index contributed by atoms with van der Waals surface area (Å²) in [7, 11) is 3.35. The number of benzene rings is 2. The molecule has 36 heavy (non-hydrogen) atoms. The number of anilines is 2. The number of nitrogens with two attached hydrogens (primary N) is 1. The molecule has 2 heterocycles. The summed E-state index contributed by atoms with van der Waals surface area (Å²) in [6, 6.07) is 11.0. The molecule has 0 aliphatic carbocycles. The van der Waals surface area contributed by atoms with Gasteiger partial charge >= 0.3 is 6.18 Å². The van der Waals surface area contributed by atoms with Crippen LogP contribution >= 0.6 is 0 Å². The third kappa shape index (κ3) is 5.96. The third-order valence-electron chi connectivity index (χ3n) is 5.53. The van der Waals surface area contributed by atoms with Gasteiger partial charge in [0.2, 0.25) is 5.91 Å². The van der Waals surface area contributed by atoms with Crippen LogP contribution in [0.4, 0.5) is 24.5 Å². The summed E-state index contributed by atoms with van der Waals surface area (Å²) >= 11 is 0. The molecule has 8 nitrogen and oxygen atoms in total. The predicted molar refractivity (Wildman–Crippen MR) is 135 cm³/mol. The molecular formula is C25H33F3N6O2. The van der Waals surface area contributed by atoms with Gasteiger partial charge in [-0.05, 0) is 50.7 Å². The average Bonchev–Trinajstić information content (AvgIpc) is 3.35. The van der Waals surface area contributed by atoms with Gasteiger partial charge in [-0.2, -0.15) is 18.3 Å². The molecule has 0 atom stereocenters. The van der Waals surface area contributed by atoms with Crippen molar-refractivity contribution in [3.05, 3.63) is 53.7 Å². The lowest BCUT2D eigenvalue weighted by atomic mass is 10.1. The molecule has 4 N–H and O–H groups in total. The number of aromatic nitrogens is 2. The van der Waals surface area contributed by atoms with Crippen LogP contribution in [0.1, 0.15) is 43.6 Å². The third-order valence-corrected chi connectivity index (χ3v) is 5.53. The number of nitrogens with zero attached hydrogens (tertiary/aromatic N) is 3. The van der Waals surface area contributed by atoms with Crippen LogP contribution in [0.15, 0.2) is 42.6 Å². The molecule has 196 valence electrons. The van der Waals surface area contributed by atoms with Crippen molar-refractivity contribution >= 4 is 34.1 Å². The predicted octanol–water partition coefficient (Wildman–Crippen LogP) is 4.33. The van der Waals surface area contributed by atoms with Crippen LogP contribution in [0.3, 0.4) is 0 Å². The Balaban J connectivity index is 0.00000109. The van der Waals surface area contributed by atoms with Crippen molar-refractivity contribution in [2.75, 3.05) is 18.9 Å². The smallest absolute Gasteiger partial charge is 0.355 e. The van der Waals surface area contributed by atoms with Crippen LogP contribution in [0.25, 0.3) is 10.9 Å². The summed E-state index contributed by atoms with van der Waals surface area (Å²) < 4.78 is 40.9. The van der Waals surface area contributed by atoms with E-state index in [9.17, 15) is 22.8 Å². The lowest BCUT2D eigenvalue weighted by Crippen LogP contribution is -2.56. The van der Waals surface area contributed by atoms with Crippen molar-refractivity contribution in [3.8, 4) is 0 Å². The van der Waals surface area contributed by atoms with E-state index in [0.717, 1.165) is 30.4 Å². The molecule has 0 fully saturated rings. The van der Waals surface area contributed by atoms with Gasteiger partial charge in [0.05, 0.1) is 23.0 Å². The van der Waals surface area contributed by atoms with Crippen molar-refractivity contribution < 1.29 is 22.8 Å². The minimum Gasteiger partial charge on any atom is -0.355 e. The SMILES string of the molecule is CC.CN.Cn1ncc2cc(Nc3cccc4c3C(=O)N(CC(=O)NC(C)(C)C(F)(F)F)C4)ccc21. The number of halogens is 3. The number of carbonyl (C=O) groups is 2. The maximum atomic E-state index is 13.0. The second kappa shape index (κ2) is 11.4. The van der Waals surface area contributed by atoms with Crippen molar-refractivity contribution in [1.29, 1.82) is 0 Å². The van der Waals surface area contributed by atoms with Gasteiger partial charge in [-0.15, -0.1) is 0 Å². The van der Waals surface area contributed by atoms with Crippen molar-refractivity contribution in [3.63, 3.8) is 0 Å². The van der Waals surface area contributed by atoms with E-state index in [0.29, 0.717) is 16.8 Å². The van der Waals surface area contributed by atoms with Crippen molar-refractivity contribution in [2.45, 2.75) is 46.0 Å². The zero-order valence-electron chi connectivity index (χ0n) is 21.3. The molecule has 1 aromatic heterocycles. The Morgan fingerprint density at radius 3 is 2.44 bits per heavy atom. The molecule has 1 aliphatic rings. The fourth-order valence-corrected chi connectivity index (χ4v) is 3.68. The highest BCUT2D eigenvalue weighted by molar-refractivity contribution is 6.05. The minimum atomic E-state index is -4.60. The van der Waals surface area contributed by atoms with Crippen molar-refractivity contribution in [1.82, 2.24) is 20.0 Å². The molecule has 0 saturated heterocycles. The zero-order valence-corrected chi connectivity index (χ0v) is 21.3. The number of aryl methyl sites for hydroxylation is 1. The van der Waals surface area contributed by atoms with E-state index < -0.39 is 30.1 Å². The van der Waals surface area contributed by atoms with E-state index in [1.54, 1.807) is 29.1 Å². The maximum Gasteiger partial charge on any atom is 0.410 e. The fourth-order valence-electron chi connectivity index (χ4n) is 3.68. The van der Waals surface area contributed by atoms with Gasteiger partial charge in [0.15, 0.2) is 0 Å². The normalized spacial score (nSPS) is 12.8. The number of fused-ring (bicyclic) bond motifs is 2. The Bertz CT molecular complexity index is 1220. The Labute approximate surface area is 208 Å². The van der Waals surface area contributed by atoms with Gasteiger partial charge < -0.3 is 21.3 Å². The highest BCUT2D eigenvalue weighted by Crippen LogP contribution is 2.33. The average molecular weight is 507 g/mol. The molecule has 2 amide bonds. The van der Waals surface area contributed by atoms with Crippen LogP contribution in [0.5, 0.6) is 0 Å². The molecule has 1 aliphatic heterocycles. The molecule has 0 spiro atoms. The largest absolute Gasteiger partial charge is 0.410 e. The van der Waals surface area contributed by atoms with E-state index in [2.05, 4.69) is 16.1 Å². The topological polar surface area (TPSA) is 105 Å². The number of amides is 2. The number of hydrogen-bond donors (Lipinski definition) is 3. The minimum absolute atomic E-state index is 0.144. The van der Waals surface area contributed by atoms with E-state index in [1.165, 1.54) is 11.9 Å². The first-order chi connectivity index (χ1) is 17.0. The van der Waals surface area contributed by atoms with Gasteiger partial charge in [0.1, 0.15) is 12.1 Å². The van der Waals surface area contributed by atoms with Gasteiger partial charge in [-0.3, -0.25) is 14.3 Å². The van der Waals surface area contributed by atoms with Gasteiger partial charge in [-0.25, -0.2) is 0 Å². The summed E-state index contributed by atoms with van der Waals surface area (Å²) in [4.78, 5) is 26.5. The molecule has 3 aromatic rings. The zero-order chi connectivity index (χ0) is 27.3. The van der Waals surface area contributed by atoms with E-state index in [1.807, 2.05) is 44.4 Å². The Morgan fingerprint density at radius 1 is 1.14 bits per heavy atom. The molecule has 0 bridgehead atoms. The van der Waals surface area contributed by atoms with Crippen molar-refractivity contribution in [2.24, 2.45) is 12.8 Å². The fraction of sp³-hybridized carbons (Fsp3) is 0.400. The molecule has 4 rings (SSSR count). The molecule has 0 unspecified atom stereocenters. The molecule has 2 aromatic carbocycles. The first-order valence-electron chi connectivity index (χ1n) is 11.5. The van der Waals surface area contributed by atoms with Crippen LogP contribution in [0.2, 0.25) is 0 Å². The van der Waals surface area contributed by atoms with Gasteiger partial charge in [0.25, 0.3) is 5.91 Å². The Morgan fingerprint density at radius 2 is 1.81 bits per heavy atom. The van der Waals surface area contributed by atoms with Crippen LogP contribution < -0.4 is 16.4 Å². The summed E-state index contributed by atoms with van der Waals surface area (Å²) in [5, 5.41) is 10.3. The van der Waals surface area contributed by atoms with E-state index in [-0.39, 0.29) is 6.54 Å². The highest BCUT2D eigenvalue weighted by atomic mass is 19.4. The number of alkyl halides is 3. The summed E-state index contributed by atoms with van der Waals surface area (Å²) in [5.74, 6) is -1.28. The highest BCUT2D eigenvalue weighted by Gasteiger charge is 2.48. The summed E-state index contributed by atoms with van der Waals surface area (Å²) in [6.07, 6.45) is -2.86. The number of nitrogens with one attached hydrogen (secondary N) is 2. The lowest BCUT2D eigenvalue weighted by molar-refractivity contribution is -0.188. The van der Waals surface area contributed by atoms with Crippen LogP contribution in [0, 0.1) is 0 Å². The molecule has 0 radical (unpaired) electrons. The maximum absolute atomic E-state index is 13.0. The van der Waals surface area contributed by atoms with E-state index in [4.69, 9.17) is 0 Å². The Kier molecular flexibility index (Phi) is 9.09. The quantitative estimate of drug-likeness (QED) is 0.478. The summed E-state index contributed by atoms with van der Waals surface area (Å²) in [6.45, 7) is 5.44. The monoisotopic (exact) mass is 506 g/mol. The molecule has 11 heteroatoms. The van der Waals surface area contributed by atoms with Crippen LogP contribution in [-0.4, -0.2) is 51.8 Å². The van der Waals surface area contributed by atoms with Gasteiger partial charge in [0, 0.05) is 24.7 Å². The molecule has 0 saturated carbocycles. The van der Waals surface area contributed by atoms with Gasteiger partial charge in [-0.1, -0.05) is 26.0 Å². The summed E-state index contributed by atoms with van der Waals surface area (Å²) in [5.41, 5.74) is 5.50. The molecular weight excluding hydrogens is 473 g/mol. The number of hydrogen-bond acceptors (Lipinski definition) is 5. The van der Waals surface area contributed by atoms with Crippen LogP contribution in [-0.2, 0) is 18.4 Å². The lowest BCUT2D eigenvalue weighted by Gasteiger charge is -2.29. The second-order valence-corrected chi connectivity index (χ2v) is 8.34. The second-order valence-electron chi connectivity index (χ2n) is 8.34. The van der Waals surface area contributed by atoms with E-state index >= 15 is 0 Å². The number of carbonyl (C=O) groups excluding carboxylic acids is 2. The number of rotatable bonds is 5. The first kappa shape index (κ1) is 28.6. The standard InChI is InChI=1S/C22H22F3N5O2.C2H6.CH5N/c1-21(2,22(23,24)25)28-18(31)12-30-11-13-5-4-6-16(19(13)20(30)32)27-15-7-8-17-14(9-15)10-26-29(17)3;2*1-2/h4-10,27H,11-12H2,1-3H3,(H,28,31);1-2H3;2H2,1H3. The first-order valence-corrected chi connectivity index (χ1v) is 11.5.